The van der Waals surface area contributed by atoms with Crippen molar-refractivity contribution in [2.24, 2.45) is 12.8 Å². The lowest BCUT2D eigenvalue weighted by atomic mass is 10.1. The predicted octanol–water partition coefficient (Wildman–Crippen LogP) is 4.62. The van der Waals surface area contributed by atoms with Gasteiger partial charge < -0.3 is 10.6 Å². The molecule has 0 aliphatic rings. The molecule has 1 aromatic heterocycles. The summed E-state index contributed by atoms with van der Waals surface area (Å²) < 4.78 is 1.53. The van der Waals surface area contributed by atoms with Crippen molar-refractivity contribution in [3.63, 3.8) is 0 Å². The summed E-state index contributed by atoms with van der Waals surface area (Å²) in [5.41, 5.74) is 7.70. The van der Waals surface area contributed by atoms with Gasteiger partial charge in [0, 0.05) is 24.2 Å². The molecule has 0 saturated carbocycles. The smallest absolute Gasteiger partial charge is 0.261 e. The van der Waals surface area contributed by atoms with Crippen LogP contribution in [0, 0.1) is 6.92 Å². The Hall–Kier alpha value is -2.70. The van der Waals surface area contributed by atoms with Crippen LogP contribution in [0.1, 0.15) is 60.4 Å². The number of nitrogens with zero attached hydrogens (tertiary/aromatic N) is 3. The molecule has 1 amide bonds. The van der Waals surface area contributed by atoms with E-state index < -0.39 is 0 Å². The Morgan fingerprint density at radius 1 is 1.12 bits per heavy atom. The molecular weight excluding hydrogens is 424 g/mol. The number of fused-ring (bicyclic) bond motifs is 1. The molecule has 170 valence electrons. The molecule has 3 aromatic rings. The molecule has 0 spiro atoms. The number of rotatable bonds is 9. The molecule has 1 heterocycles. The molecule has 1 unspecified atom stereocenters. The molecule has 0 aliphatic heterocycles. The van der Waals surface area contributed by atoms with Gasteiger partial charge in [0.2, 0.25) is 0 Å². The van der Waals surface area contributed by atoms with Gasteiger partial charge in [-0.25, -0.2) is 4.98 Å². The molecule has 2 N–H and O–H groups in total. The van der Waals surface area contributed by atoms with E-state index in [9.17, 15) is 9.59 Å². The molecule has 0 saturated heterocycles. The maximum absolute atomic E-state index is 13.5. The van der Waals surface area contributed by atoms with Crippen molar-refractivity contribution < 1.29 is 4.79 Å². The topological polar surface area (TPSA) is 81.2 Å². The zero-order valence-corrected chi connectivity index (χ0v) is 19.7. The Bertz CT molecular complexity index is 1140. The highest BCUT2D eigenvalue weighted by Crippen LogP contribution is 2.24. The molecule has 0 aliphatic carbocycles. The summed E-state index contributed by atoms with van der Waals surface area (Å²) in [6.07, 6.45) is 3.85. The lowest BCUT2D eigenvalue weighted by Gasteiger charge is -2.30. The predicted molar refractivity (Wildman–Crippen MR) is 130 cm³/mol. The van der Waals surface area contributed by atoms with Crippen molar-refractivity contribution in [1.82, 2.24) is 14.5 Å². The second-order valence-corrected chi connectivity index (χ2v) is 8.68. The van der Waals surface area contributed by atoms with Crippen LogP contribution in [-0.4, -0.2) is 33.4 Å². The summed E-state index contributed by atoms with van der Waals surface area (Å²) >= 11 is 6.14. The number of carbonyl (C=O) groups excluding carboxylic acids is 1. The Morgan fingerprint density at radius 2 is 1.81 bits per heavy atom. The Balaban J connectivity index is 1.97. The highest BCUT2D eigenvalue weighted by Gasteiger charge is 2.26. The summed E-state index contributed by atoms with van der Waals surface area (Å²) in [6.45, 7) is 5.16. The molecule has 0 radical (unpaired) electrons. The number of benzene rings is 2. The van der Waals surface area contributed by atoms with Gasteiger partial charge >= 0.3 is 0 Å². The monoisotopic (exact) mass is 454 g/mol. The second-order valence-electron chi connectivity index (χ2n) is 8.24. The molecular formula is C25H31ClN4O2. The van der Waals surface area contributed by atoms with Crippen LogP contribution < -0.4 is 11.3 Å². The number of halogens is 1. The molecule has 32 heavy (non-hydrogen) atoms. The van der Waals surface area contributed by atoms with E-state index in [-0.39, 0.29) is 17.5 Å². The van der Waals surface area contributed by atoms with E-state index >= 15 is 0 Å². The van der Waals surface area contributed by atoms with Crippen LogP contribution in [0.2, 0.25) is 5.02 Å². The van der Waals surface area contributed by atoms with Crippen molar-refractivity contribution >= 4 is 28.4 Å². The fourth-order valence-electron chi connectivity index (χ4n) is 3.89. The summed E-state index contributed by atoms with van der Waals surface area (Å²) in [5, 5.41) is 1.02. The van der Waals surface area contributed by atoms with Gasteiger partial charge in [0.25, 0.3) is 11.5 Å². The van der Waals surface area contributed by atoms with E-state index in [2.05, 4.69) is 0 Å². The highest BCUT2D eigenvalue weighted by atomic mass is 35.5. The van der Waals surface area contributed by atoms with Gasteiger partial charge in [0.15, 0.2) is 0 Å². The van der Waals surface area contributed by atoms with Gasteiger partial charge in [-0.3, -0.25) is 14.2 Å². The largest absolute Gasteiger partial charge is 0.330 e. The average molecular weight is 455 g/mol. The molecule has 0 fully saturated rings. The van der Waals surface area contributed by atoms with Crippen LogP contribution in [0.5, 0.6) is 0 Å². The third-order valence-electron chi connectivity index (χ3n) is 5.83. The molecule has 7 heteroatoms. The molecule has 0 bridgehead atoms. The minimum Gasteiger partial charge on any atom is -0.330 e. The fourth-order valence-corrected chi connectivity index (χ4v) is 4.05. The molecule has 6 nitrogen and oxygen atoms in total. The van der Waals surface area contributed by atoms with E-state index in [1.807, 2.05) is 43.0 Å². The summed E-state index contributed by atoms with van der Waals surface area (Å²) in [4.78, 5) is 33.0. The van der Waals surface area contributed by atoms with Gasteiger partial charge in [-0.15, -0.1) is 0 Å². The Labute approximate surface area is 194 Å². The lowest BCUT2D eigenvalue weighted by Crippen LogP contribution is -2.38. The van der Waals surface area contributed by atoms with Crippen molar-refractivity contribution in [1.29, 1.82) is 0 Å². The van der Waals surface area contributed by atoms with Crippen LogP contribution in [0.25, 0.3) is 10.9 Å². The SMILES string of the molecule is Cc1ccc(C(=O)N(CCCCCCN)C(C)c2nc3cc(Cl)ccc3c(=O)n2C)cc1. The Morgan fingerprint density at radius 3 is 2.50 bits per heavy atom. The number of hydrogen-bond donors (Lipinski definition) is 1. The fraction of sp³-hybridized carbons (Fsp3) is 0.400. The van der Waals surface area contributed by atoms with E-state index in [4.69, 9.17) is 22.3 Å². The lowest BCUT2D eigenvalue weighted by molar-refractivity contribution is 0.0676. The van der Waals surface area contributed by atoms with Crippen LogP contribution >= 0.6 is 11.6 Å². The molecule has 3 rings (SSSR count). The minimum atomic E-state index is -0.389. The van der Waals surface area contributed by atoms with Crippen molar-refractivity contribution in [3.05, 3.63) is 74.8 Å². The third kappa shape index (κ3) is 5.37. The first kappa shape index (κ1) is 24.0. The highest BCUT2D eigenvalue weighted by molar-refractivity contribution is 6.31. The first-order valence-electron chi connectivity index (χ1n) is 11.1. The van der Waals surface area contributed by atoms with Gasteiger partial charge in [-0.1, -0.05) is 42.1 Å². The number of aromatic nitrogens is 2. The van der Waals surface area contributed by atoms with Crippen molar-refractivity contribution in [3.8, 4) is 0 Å². The van der Waals surface area contributed by atoms with Crippen LogP contribution in [-0.2, 0) is 7.05 Å². The van der Waals surface area contributed by atoms with Crippen molar-refractivity contribution in [2.75, 3.05) is 13.1 Å². The summed E-state index contributed by atoms with van der Waals surface area (Å²) in [5.74, 6) is 0.462. The van der Waals surface area contributed by atoms with Gasteiger partial charge in [0.1, 0.15) is 5.82 Å². The first-order chi connectivity index (χ1) is 15.3. The summed E-state index contributed by atoms with van der Waals surface area (Å²) in [7, 11) is 1.70. The van der Waals surface area contributed by atoms with E-state index in [1.54, 1.807) is 25.2 Å². The van der Waals surface area contributed by atoms with Gasteiger partial charge in [0.05, 0.1) is 16.9 Å². The number of aryl methyl sites for hydroxylation is 1. The van der Waals surface area contributed by atoms with Crippen LogP contribution in [0.4, 0.5) is 0 Å². The normalized spacial score (nSPS) is 12.2. The standard InChI is InChI=1S/C25H31ClN4O2/c1-17-8-10-19(11-9-17)24(31)30(15-7-5-4-6-14-27)18(2)23-28-22-16-20(26)12-13-21(22)25(32)29(23)3/h8-13,16,18H,4-7,14-15,27H2,1-3H3. The molecule has 2 aromatic carbocycles. The van der Waals surface area contributed by atoms with Crippen LogP contribution in [0.3, 0.4) is 0 Å². The molecule has 1 atom stereocenters. The zero-order valence-electron chi connectivity index (χ0n) is 19.0. The maximum atomic E-state index is 13.5. The first-order valence-corrected chi connectivity index (χ1v) is 11.4. The van der Waals surface area contributed by atoms with Gasteiger partial charge in [-0.05, 0) is 63.6 Å². The second kappa shape index (κ2) is 10.7. The quantitative estimate of drug-likeness (QED) is 0.478. The number of carbonyl (C=O) groups is 1. The summed E-state index contributed by atoms with van der Waals surface area (Å²) in [6, 6.07) is 12.2. The average Bonchev–Trinajstić information content (AvgIpc) is 2.78. The number of unbranched alkanes of at least 4 members (excludes halogenated alkanes) is 3. The number of amides is 1. The minimum absolute atomic E-state index is 0.0724. The third-order valence-corrected chi connectivity index (χ3v) is 6.06. The zero-order chi connectivity index (χ0) is 23.3. The van der Waals surface area contributed by atoms with E-state index in [0.29, 0.717) is 40.4 Å². The van der Waals surface area contributed by atoms with E-state index in [0.717, 1.165) is 31.2 Å². The van der Waals surface area contributed by atoms with Crippen LogP contribution in [0.15, 0.2) is 47.3 Å². The number of nitrogens with two attached hydrogens (primary N) is 1. The van der Waals surface area contributed by atoms with Crippen molar-refractivity contribution in [2.45, 2.75) is 45.6 Å². The maximum Gasteiger partial charge on any atom is 0.261 e. The Kier molecular flexibility index (Phi) is 8.04. The van der Waals surface area contributed by atoms with E-state index in [1.165, 1.54) is 4.57 Å². The number of hydrogen-bond acceptors (Lipinski definition) is 4. The van der Waals surface area contributed by atoms with Gasteiger partial charge in [-0.2, -0.15) is 0 Å².